The minimum atomic E-state index is -4.14. The van der Waals surface area contributed by atoms with Gasteiger partial charge >= 0.3 is 11.4 Å². The smallest absolute Gasteiger partial charge is 0.301 e. The Morgan fingerprint density at radius 3 is 2.00 bits per heavy atom. The van der Waals surface area contributed by atoms with Crippen molar-refractivity contribution < 1.29 is 18.3 Å². The van der Waals surface area contributed by atoms with Gasteiger partial charge < -0.3 is 11.1 Å². The number of halogens is 2. The summed E-state index contributed by atoms with van der Waals surface area (Å²) < 4.78 is 25.7. The number of hydrogen-bond acceptors (Lipinski definition) is 8. The lowest BCUT2D eigenvalue weighted by molar-refractivity contribution is -0.392. The highest BCUT2D eigenvalue weighted by Gasteiger charge is 2.31. The van der Waals surface area contributed by atoms with Crippen LogP contribution in [0.4, 0.5) is 28.4 Å². The minimum Gasteiger partial charge on any atom is -0.397 e. The first kappa shape index (κ1) is 23.3. The summed E-state index contributed by atoms with van der Waals surface area (Å²) in [4.78, 5) is 21.0. The molecule has 0 saturated carbocycles. The predicted octanol–water partition coefficient (Wildman–Crippen LogP) is 5.11. The molecule has 32 heavy (non-hydrogen) atoms. The van der Waals surface area contributed by atoms with E-state index in [0.717, 1.165) is 12.1 Å². The molecule has 0 aliphatic heterocycles. The first-order chi connectivity index (χ1) is 15.0. The van der Waals surface area contributed by atoms with Crippen molar-refractivity contribution in [3.05, 3.63) is 90.4 Å². The lowest BCUT2D eigenvalue weighted by atomic mass is 10.2. The molecule has 0 unspecified atom stereocenters. The van der Waals surface area contributed by atoms with E-state index in [1.165, 1.54) is 12.1 Å². The highest BCUT2D eigenvalue weighted by atomic mass is 35.5. The molecule has 166 valence electrons. The molecule has 10 nitrogen and oxygen atoms in total. The van der Waals surface area contributed by atoms with Crippen LogP contribution in [0, 0.1) is 20.2 Å². The second-order valence-electron chi connectivity index (χ2n) is 6.57. The molecular weight excluding hydrogens is 483 g/mol. The predicted molar refractivity (Wildman–Crippen MR) is 121 cm³/mol. The van der Waals surface area contributed by atoms with Crippen molar-refractivity contribution in [2.45, 2.75) is 10.6 Å². The fourth-order valence-corrected chi connectivity index (χ4v) is 4.62. The summed E-state index contributed by atoms with van der Waals surface area (Å²) in [7, 11) is -4.14. The molecule has 0 aliphatic carbocycles. The van der Waals surface area contributed by atoms with Crippen LogP contribution in [0.1, 0.15) is 5.56 Å². The maximum Gasteiger partial charge on any atom is 0.301 e. The Morgan fingerprint density at radius 2 is 1.47 bits per heavy atom. The van der Waals surface area contributed by atoms with E-state index in [2.05, 4.69) is 5.32 Å². The average molecular weight is 497 g/mol. The van der Waals surface area contributed by atoms with Gasteiger partial charge in [-0.1, -0.05) is 53.5 Å². The molecule has 3 aromatic carbocycles. The average Bonchev–Trinajstić information content (AvgIpc) is 2.71. The molecule has 0 atom stereocenters. The van der Waals surface area contributed by atoms with Crippen LogP contribution < -0.4 is 11.1 Å². The van der Waals surface area contributed by atoms with Gasteiger partial charge in [0.1, 0.15) is 0 Å². The summed E-state index contributed by atoms with van der Waals surface area (Å²) in [6.45, 7) is 0. The molecule has 0 aromatic heterocycles. The van der Waals surface area contributed by atoms with E-state index in [1.54, 1.807) is 30.3 Å². The van der Waals surface area contributed by atoms with Crippen molar-refractivity contribution in [3.8, 4) is 0 Å². The normalized spacial score (nSPS) is 11.2. The number of nitrogens with one attached hydrogen (secondary N) is 1. The third-order valence-corrected chi connectivity index (χ3v) is 6.68. The number of nitrogens with zero attached hydrogens (tertiary/aromatic N) is 2. The molecule has 0 spiro atoms. The molecule has 3 rings (SSSR count). The molecule has 0 amide bonds. The van der Waals surface area contributed by atoms with Gasteiger partial charge in [-0.3, -0.25) is 20.2 Å². The highest BCUT2D eigenvalue weighted by molar-refractivity contribution is 7.90. The van der Waals surface area contributed by atoms with Crippen molar-refractivity contribution in [3.63, 3.8) is 0 Å². The van der Waals surface area contributed by atoms with E-state index in [4.69, 9.17) is 28.9 Å². The number of benzene rings is 3. The van der Waals surface area contributed by atoms with Crippen molar-refractivity contribution in [2.75, 3.05) is 11.1 Å². The number of nitrogens with two attached hydrogens (primary N) is 1. The Bertz CT molecular complexity index is 1300. The van der Waals surface area contributed by atoms with Gasteiger partial charge in [0.15, 0.2) is 15.5 Å². The van der Waals surface area contributed by atoms with Crippen molar-refractivity contribution >= 4 is 61.5 Å². The van der Waals surface area contributed by atoms with Crippen LogP contribution in [0.25, 0.3) is 0 Å². The minimum absolute atomic E-state index is 0.00345. The van der Waals surface area contributed by atoms with E-state index in [-0.39, 0.29) is 21.4 Å². The molecule has 3 N–H and O–H groups in total. The summed E-state index contributed by atoms with van der Waals surface area (Å²) in [5.41, 5.74) is 4.00. The Morgan fingerprint density at radius 1 is 0.906 bits per heavy atom. The molecule has 0 aliphatic rings. The molecule has 3 aromatic rings. The molecule has 0 fully saturated rings. The quantitative estimate of drug-likeness (QED) is 0.259. The van der Waals surface area contributed by atoms with E-state index in [9.17, 15) is 28.6 Å². The number of nitro groups is 2. The maximum absolute atomic E-state index is 12.8. The van der Waals surface area contributed by atoms with Crippen molar-refractivity contribution in [2.24, 2.45) is 0 Å². The van der Waals surface area contributed by atoms with Gasteiger partial charge in [0.2, 0.25) is 0 Å². The van der Waals surface area contributed by atoms with Crippen LogP contribution in [-0.4, -0.2) is 18.3 Å². The van der Waals surface area contributed by atoms with E-state index < -0.39 is 47.4 Å². The topological polar surface area (TPSA) is 158 Å². The van der Waals surface area contributed by atoms with Gasteiger partial charge in [-0.15, -0.1) is 0 Å². The highest BCUT2D eigenvalue weighted by Crippen LogP contribution is 2.42. The third-order valence-electron chi connectivity index (χ3n) is 4.37. The summed E-state index contributed by atoms with van der Waals surface area (Å²) >= 11 is 12.0. The second-order valence-corrected chi connectivity index (χ2v) is 9.38. The number of sulfone groups is 1. The summed E-state index contributed by atoms with van der Waals surface area (Å²) in [6, 6.07) is 12.1. The number of rotatable bonds is 7. The zero-order chi connectivity index (χ0) is 23.6. The Kier molecular flexibility index (Phi) is 6.53. The SMILES string of the molecule is Nc1cc(Cl)c(Nc2c([N+](=O)[O-])cc(S(=O)(=O)Cc3ccccc3)cc2[N+](=O)[O-])cc1Cl. The second kappa shape index (κ2) is 8.99. The van der Waals surface area contributed by atoms with Gasteiger partial charge in [0, 0.05) is 12.1 Å². The third kappa shape index (κ3) is 4.90. The van der Waals surface area contributed by atoms with Crippen molar-refractivity contribution in [1.82, 2.24) is 0 Å². The first-order valence-electron chi connectivity index (χ1n) is 8.74. The molecule has 0 bridgehead atoms. The number of hydrogen-bond donors (Lipinski definition) is 2. The van der Waals surface area contributed by atoms with Crippen LogP contribution in [0.2, 0.25) is 10.0 Å². The van der Waals surface area contributed by atoms with Crippen LogP contribution in [0.15, 0.2) is 59.5 Å². The molecule has 0 heterocycles. The number of nitro benzene ring substituents is 2. The van der Waals surface area contributed by atoms with Gasteiger partial charge in [0.05, 0.1) is 41.9 Å². The van der Waals surface area contributed by atoms with Crippen LogP contribution in [0.5, 0.6) is 0 Å². The number of anilines is 3. The Balaban J connectivity index is 2.16. The molecule has 13 heteroatoms. The van der Waals surface area contributed by atoms with E-state index >= 15 is 0 Å². The molecule has 0 radical (unpaired) electrons. The zero-order valence-corrected chi connectivity index (χ0v) is 18.3. The summed E-state index contributed by atoms with van der Waals surface area (Å²) in [5, 5.41) is 26.0. The largest absolute Gasteiger partial charge is 0.397 e. The first-order valence-corrected chi connectivity index (χ1v) is 11.2. The van der Waals surface area contributed by atoms with E-state index in [0.29, 0.717) is 5.56 Å². The van der Waals surface area contributed by atoms with Crippen LogP contribution in [-0.2, 0) is 15.6 Å². The van der Waals surface area contributed by atoms with Crippen molar-refractivity contribution in [1.29, 1.82) is 0 Å². The monoisotopic (exact) mass is 496 g/mol. The van der Waals surface area contributed by atoms with Crippen LogP contribution >= 0.6 is 23.2 Å². The molecular formula is C19H14Cl2N4O6S. The summed E-state index contributed by atoms with van der Waals surface area (Å²) in [5.74, 6) is -0.492. The molecule has 0 saturated heterocycles. The summed E-state index contributed by atoms with van der Waals surface area (Å²) in [6.07, 6.45) is 0. The zero-order valence-electron chi connectivity index (χ0n) is 16.0. The van der Waals surface area contributed by atoms with Gasteiger partial charge in [-0.2, -0.15) is 0 Å². The van der Waals surface area contributed by atoms with Gasteiger partial charge in [0.25, 0.3) is 0 Å². The van der Waals surface area contributed by atoms with Gasteiger partial charge in [-0.25, -0.2) is 8.42 Å². The van der Waals surface area contributed by atoms with E-state index in [1.807, 2.05) is 0 Å². The fraction of sp³-hybridized carbons (Fsp3) is 0.0526. The standard InChI is InChI=1S/C19H14Cl2N4O6S/c20-13-9-16(14(21)8-15(13)22)23-19-17(24(26)27)6-12(7-18(19)25(28)29)32(30,31)10-11-4-2-1-3-5-11/h1-9,23H,10,22H2. The fourth-order valence-electron chi connectivity index (χ4n) is 2.85. The Labute approximate surface area is 191 Å². The number of nitrogen functional groups attached to an aromatic ring is 1. The van der Waals surface area contributed by atoms with Crippen LogP contribution in [0.3, 0.4) is 0 Å². The lowest BCUT2D eigenvalue weighted by Crippen LogP contribution is -2.09. The maximum atomic E-state index is 12.8. The van der Waals surface area contributed by atoms with Gasteiger partial charge in [-0.05, 0) is 17.7 Å². The Hall–Kier alpha value is -3.41. The lowest BCUT2D eigenvalue weighted by Gasteiger charge is -2.12.